The molecule has 1 N–H and O–H groups in total. The van der Waals surface area contributed by atoms with E-state index in [1.54, 1.807) is 19.1 Å². The molecule has 1 atom stereocenters. The third kappa shape index (κ3) is 5.34. The van der Waals surface area contributed by atoms with E-state index in [1.165, 1.54) is 22.3 Å². The summed E-state index contributed by atoms with van der Waals surface area (Å²) in [7, 11) is -3.49. The Labute approximate surface area is 178 Å². The number of nitrogens with zero attached hydrogens (tertiary/aromatic N) is 2. The summed E-state index contributed by atoms with van der Waals surface area (Å²) in [5.41, 5.74) is 0.711. The van der Waals surface area contributed by atoms with Gasteiger partial charge in [0, 0.05) is 29.4 Å². The third-order valence-electron chi connectivity index (χ3n) is 4.42. The maximum atomic E-state index is 12.7. The van der Waals surface area contributed by atoms with Crippen LogP contribution in [0.2, 0.25) is 0 Å². The predicted octanol–water partition coefficient (Wildman–Crippen LogP) is 4.14. The van der Waals surface area contributed by atoms with Crippen LogP contribution in [0.3, 0.4) is 0 Å². The second kappa shape index (κ2) is 9.39. The number of halogens is 1. The van der Waals surface area contributed by atoms with Crippen LogP contribution in [-0.4, -0.2) is 42.0 Å². The van der Waals surface area contributed by atoms with Crippen LogP contribution in [0.1, 0.15) is 26.2 Å². The smallest absolute Gasteiger partial charge is 0.244 e. The molecule has 9 heteroatoms. The zero-order valence-electron chi connectivity index (χ0n) is 15.5. The van der Waals surface area contributed by atoms with Gasteiger partial charge in [0.25, 0.3) is 0 Å². The van der Waals surface area contributed by atoms with Crippen molar-refractivity contribution in [2.24, 2.45) is 0 Å². The summed E-state index contributed by atoms with van der Waals surface area (Å²) < 4.78 is 27.8. The molecule has 1 aromatic carbocycles. The van der Waals surface area contributed by atoms with Crippen LogP contribution >= 0.6 is 27.7 Å². The van der Waals surface area contributed by atoms with Crippen LogP contribution in [0.4, 0.5) is 5.69 Å². The van der Waals surface area contributed by atoms with Gasteiger partial charge in [-0.05, 0) is 50.1 Å². The van der Waals surface area contributed by atoms with Gasteiger partial charge in [-0.15, -0.1) is 0 Å². The van der Waals surface area contributed by atoms with Gasteiger partial charge in [-0.3, -0.25) is 4.79 Å². The largest absolute Gasteiger partial charge is 0.325 e. The average molecular weight is 484 g/mol. The number of carbonyl (C=O) groups excluding carboxylic acids is 1. The highest BCUT2D eigenvalue weighted by Gasteiger charge is 2.26. The summed E-state index contributed by atoms with van der Waals surface area (Å²) in [5.74, 6) is -0.144. The van der Waals surface area contributed by atoms with E-state index in [2.05, 4.69) is 26.2 Å². The molecule has 0 radical (unpaired) electrons. The van der Waals surface area contributed by atoms with Crippen LogP contribution in [0, 0.1) is 0 Å². The molecule has 28 heavy (non-hydrogen) atoms. The first-order valence-corrected chi connectivity index (χ1v) is 12.2. The van der Waals surface area contributed by atoms with Crippen molar-refractivity contribution in [1.29, 1.82) is 0 Å². The number of hydrogen-bond donors (Lipinski definition) is 1. The van der Waals surface area contributed by atoms with Gasteiger partial charge in [0.15, 0.2) is 0 Å². The summed E-state index contributed by atoms with van der Waals surface area (Å²) in [4.78, 5) is 16.8. The summed E-state index contributed by atoms with van der Waals surface area (Å²) in [5, 5.41) is 3.09. The monoisotopic (exact) mass is 483 g/mol. The molecule has 1 aliphatic rings. The number of amides is 1. The average Bonchev–Trinajstić information content (AvgIpc) is 2.69. The lowest BCUT2D eigenvalue weighted by molar-refractivity contribution is -0.115. The second-order valence-electron chi connectivity index (χ2n) is 6.56. The Hall–Kier alpha value is -1.42. The Kier molecular flexibility index (Phi) is 7.14. The van der Waals surface area contributed by atoms with Gasteiger partial charge < -0.3 is 5.32 Å². The van der Waals surface area contributed by atoms with Crippen LogP contribution < -0.4 is 5.32 Å². The van der Waals surface area contributed by atoms with Crippen molar-refractivity contribution in [3.63, 3.8) is 0 Å². The van der Waals surface area contributed by atoms with E-state index in [0.717, 1.165) is 23.7 Å². The number of aromatic nitrogens is 1. The molecule has 0 aliphatic carbocycles. The lowest BCUT2D eigenvalue weighted by atomic mass is 10.2. The highest BCUT2D eigenvalue weighted by molar-refractivity contribution is 9.10. The van der Waals surface area contributed by atoms with Gasteiger partial charge in [-0.25, -0.2) is 13.4 Å². The Bertz CT molecular complexity index is 930. The highest BCUT2D eigenvalue weighted by atomic mass is 79.9. The molecule has 2 aromatic rings. The van der Waals surface area contributed by atoms with E-state index in [1.807, 2.05) is 24.3 Å². The molecule has 0 bridgehead atoms. The van der Waals surface area contributed by atoms with E-state index >= 15 is 0 Å². The van der Waals surface area contributed by atoms with Crippen molar-refractivity contribution < 1.29 is 13.2 Å². The summed E-state index contributed by atoms with van der Waals surface area (Å²) in [6.07, 6.45) is 4.24. The minimum atomic E-state index is -3.49. The Morgan fingerprint density at radius 2 is 1.96 bits per heavy atom. The fraction of sp³-hybridized carbons (Fsp3) is 0.368. The number of rotatable bonds is 6. The molecule has 1 unspecified atom stereocenters. The molecule has 150 valence electrons. The summed E-state index contributed by atoms with van der Waals surface area (Å²) >= 11 is 4.66. The Morgan fingerprint density at radius 3 is 2.61 bits per heavy atom. The number of carbonyl (C=O) groups is 1. The minimum absolute atomic E-state index is 0.144. The number of pyridine rings is 1. The summed E-state index contributed by atoms with van der Waals surface area (Å²) in [6, 6.07) is 10.6. The molecule has 6 nitrogen and oxygen atoms in total. The third-order valence-corrected chi connectivity index (χ3v) is 7.85. The number of thioether (sulfide) groups is 1. The topological polar surface area (TPSA) is 79.4 Å². The van der Waals surface area contributed by atoms with E-state index < -0.39 is 10.0 Å². The fourth-order valence-electron chi connectivity index (χ4n) is 2.89. The molecule has 1 saturated heterocycles. The van der Waals surface area contributed by atoms with Crippen molar-refractivity contribution in [2.45, 2.75) is 41.4 Å². The normalized spacial score (nSPS) is 16.5. The van der Waals surface area contributed by atoms with Gasteiger partial charge in [0.05, 0.1) is 10.3 Å². The maximum Gasteiger partial charge on any atom is 0.244 e. The number of benzene rings is 1. The molecule has 1 fully saturated rings. The number of hydrogen-bond acceptors (Lipinski definition) is 5. The van der Waals surface area contributed by atoms with Crippen LogP contribution in [0.15, 0.2) is 57.0 Å². The quantitative estimate of drug-likeness (QED) is 0.624. The van der Waals surface area contributed by atoms with Crippen molar-refractivity contribution >= 4 is 49.3 Å². The number of sulfonamides is 1. The SMILES string of the molecule is CC(Sc1ccc(S(=O)(=O)N2CCCCC2)cn1)C(=O)Nc1cccc(Br)c1. The minimum Gasteiger partial charge on any atom is -0.325 e. The standard InChI is InChI=1S/C19H22BrN3O3S2/c1-14(19(24)22-16-7-5-6-15(20)12-16)27-18-9-8-17(13-21-18)28(25,26)23-10-3-2-4-11-23/h5-9,12-14H,2-4,10-11H2,1H3,(H,22,24). The molecule has 1 amide bonds. The van der Waals surface area contributed by atoms with Crippen molar-refractivity contribution in [3.05, 3.63) is 47.1 Å². The van der Waals surface area contributed by atoms with Crippen LogP contribution in [0.25, 0.3) is 0 Å². The molecule has 0 saturated carbocycles. The first-order chi connectivity index (χ1) is 13.4. The van der Waals surface area contributed by atoms with Crippen molar-refractivity contribution in [3.8, 4) is 0 Å². The van der Waals surface area contributed by atoms with E-state index in [9.17, 15) is 13.2 Å². The first-order valence-electron chi connectivity index (χ1n) is 9.05. The van der Waals surface area contributed by atoms with Gasteiger partial charge >= 0.3 is 0 Å². The highest BCUT2D eigenvalue weighted by Crippen LogP contribution is 2.25. The second-order valence-corrected chi connectivity index (χ2v) is 10.8. The predicted molar refractivity (Wildman–Crippen MR) is 115 cm³/mol. The molecule has 0 spiro atoms. The zero-order chi connectivity index (χ0) is 20.1. The van der Waals surface area contributed by atoms with E-state index in [-0.39, 0.29) is 16.1 Å². The molecule has 2 heterocycles. The molecular weight excluding hydrogens is 462 g/mol. The van der Waals surface area contributed by atoms with Crippen molar-refractivity contribution in [2.75, 3.05) is 18.4 Å². The van der Waals surface area contributed by atoms with E-state index in [0.29, 0.717) is 23.8 Å². The van der Waals surface area contributed by atoms with Gasteiger partial charge in [0.2, 0.25) is 15.9 Å². The van der Waals surface area contributed by atoms with Gasteiger partial charge in [0.1, 0.15) is 4.90 Å². The lowest BCUT2D eigenvalue weighted by Gasteiger charge is -2.25. The molecule has 1 aliphatic heterocycles. The molecule has 1 aromatic heterocycles. The fourth-order valence-corrected chi connectivity index (χ4v) is 5.54. The number of nitrogens with one attached hydrogen (secondary N) is 1. The van der Waals surface area contributed by atoms with Gasteiger partial charge in [-0.1, -0.05) is 40.2 Å². The maximum absolute atomic E-state index is 12.7. The van der Waals surface area contributed by atoms with E-state index in [4.69, 9.17) is 0 Å². The molecule has 3 rings (SSSR count). The summed E-state index contributed by atoms with van der Waals surface area (Å²) in [6.45, 7) is 2.91. The van der Waals surface area contributed by atoms with Crippen LogP contribution in [-0.2, 0) is 14.8 Å². The Morgan fingerprint density at radius 1 is 1.21 bits per heavy atom. The zero-order valence-corrected chi connectivity index (χ0v) is 18.7. The molecular formula is C19H22BrN3O3S2. The van der Waals surface area contributed by atoms with Crippen molar-refractivity contribution in [1.82, 2.24) is 9.29 Å². The van der Waals surface area contributed by atoms with Gasteiger partial charge in [-0.2, -0.15) is 4.31 Å². The first kappa shape index (κ1) is 21.3. The lowest BCUT2D eigenvalue weighted by Crippen LogP contribution is -2.35. The number of piperidine rings is 1. The number of anilines is 1. The van der Waals surface area contributed by atoms with Crippen LogP contribution in [0.5, 0.6) is 0 Å². The Balaban J connectivity index is 1.62.